The fourth-order valence-corrected chi connectivity index (χ4v) is 2.42. The van der Waals surface area contributed by atoms with E-state index < -0.39 is 0 Å². The summed E-state index contributed by atoms with van der Waals surface area (Å²) in [6.45, 7) is 9.70. The molecule has 1 aromatic heterocycles. The largest absolute Gasteiger partial charge is 0.459 e. The zero-order chi connectivity index (χ0) is 13.1. The van der Waals surface area contributed by atoms with Crippen molar-refractivity contribution in [3.63, 3.8) is 0 Å². The van der Waals surface area contributed by atoms with Crippen LogP contribution in [0.1, 0.15) is 44.6 Å². The minimum absolute atomic E-state index is 0.321. The first kappa shape index (κ1) is 13.2. The Balaban J connectivity index is 2.35. The molecule has 0 fully saturated rings. The first-order chi connectivity index (χ1) is 8.61. The Labute approximate surface area is 109 Å². The minimum atomic E-state index is 0.321. The first-order valence-corrected chi connectivity index (χ1v) is 6.84. The highest BCUT2D eigenvalue weighted by molar-refractivity contribution is 5.80. The smallest absolute Gasteiger partial charge is 0.137 e. The maximum absolute atomic E-state index is 6.05. The number of hydrogen-bond donors (Lipinski definition) is 1. The molecule has 0 aliphatic carbocycles. The van der Waals surface area contributed by atoms with Gasteiger partial charge in [0.1, 0.15) is 11.3 Å². The molecule has 1 aromatic carbocycles. The molecule has 2 nitrogen and oxygen atoms in total. The molecule has 1 unspecified atom stereocenters. The summed E-state index contributed by atoms with van der Waals surface area (Å²) in [6.07, 6.45) is 1.10. The van der Waals surface area contributed by atoms with Crippen LogP contribution in [0.4, 0.5) is 0 Å². The maximum Gasteiger partial charge on any atom is 0.137 e. The summed E-state index contributed by atoms with van der Waals surface area (Å²) < 4.78 is 6.05. The lowest BCUT2D eigenvalue weighted by Crippen LogP contribution is -2.21. The third-order valence-electron chi connectivity index (χ3n) is 3.26. The van der Waals surface area contributed by atoms with Gasteiger partial charge in [-0.2, -0.15) is 0 Å². The Kier molecular flexibility index (Phi) is 4.07. The van der Waals surface area contributed by atoms with Gasteiger partial charge < -0.3 is 9.73 Å². The molecular formula is C16H23NO. The third kappa shape index (κ3) is 2.75. The van der Waals surface area contributed by atoms with Gasteiger partial charge in [0.2, 0.25) is 0 Å². The second-order valence-corrected chi connectivity index (χ2v) is 5.38. The van der Waals surface area contributed by atoms with Gasteiger partial charge in [-0.3, -0.25) is 0 Å². The molecule has 0 spiro atoms. The highest BCUT2D eigenvalue weighted by Gasteiger charge is 2.17. The van der Waals surface area contributed by atoms with Crippen LogP contribution in [0.25, 0.3) is 11.0 Å². The molecule has 0 amide bonds. The Morgan fingerprint density at radius 1 is 1.28 bits per heavy atom. The fourth-order valence-electron chi connectivity index (χ4n) is 2.42. The molecular weight excluding hydrogens is 222 g/mol. The van der Waals surface area contributed by atoms with Gasteiger partial charge in [-0.15, -0.1) is 0 Å². The summed E-state index contributed by atoms with van der Waals surface area (Å²) in [7, 11) is 0. The highest BCUT2D eigenvalue weighted by atomic mass is 16.3. The molecule has 0 saturated heterocycles. The summed E-state index contributed by atoms with van der Waals surface area (Å²) >= 11 is 0. The van der Waals surface area contributed by atoms with E-state index in [-0.39, 0.29) is 0 Å². The Bertz CT molecular complexity index is 513. The number of aryl methyl sites for hydroxylation is 1. The number of benzene rings is 1. The van der Waals surface area contributed by atoms with E-state index in [1.54, 1.807) is 0 Å². The summed E-state index contributed by atoms with van der Waals surface area (Å²) in [5.41, 5.74) is 2.23. The number of furan rings is 1. The van der Waals surface area contributed by atoms with E-state index in [9.17, 15) is 0 Å². The van der Waals surface area contributed by atoms with Gasteiger partial charge in [-0.05, 0) is 37.4 Å². The monoisotopic (exact) mass is 245 g/mol. The molecule has 1 atom stereocenters. The maximum atomic E-state index is 6.05. The molecule has 98 valence electrons. The van der Waals surface area contributed by atoms with E-state index in [2.05, 4.69) is 57.3 Å². The van der Waals surface area contributed by atoms with Crippen LogP contribution in [0.3, 0.4) is 0 Å². The van der Waals surface area contributed by atoms with E-state index in [1.807, 2.05) is 0 Å². The number of rotatable bonds is 5. The summed E-state index contributed by atoms with van der Waals surface area (Å²) in [5, 5.41) is 4.72. The lowest BCUT2D eigenvalue weighted by Gasteiger charge is -2.17. The van der Waals surface area contributed by atoms with Gasteiger partial charge in [0.05, 0.1) is 6.04 Å². The van der Waals surface area contributed by atoms with Crippen molar-refractivity contribution in [3.05, 3.63) is 35.6 Å². The van der Waals surface area contributed by atoms with Crippen molar-refractivity contribution in [2.75, 3.05) is 6.54 Å². The third-order valence-corrected chi connectivity index (χ3v) is 3.26. The van der Waals surface area contributed by atoms with Crippen LogP contribution in [0.15, 0.2) is 28.7 Å². The van der Waals surface area contributed by atoms with Crippen molar-refractivity contribution in [2.24, 2.45) is 5.92 Å². The van der Waals surface area contributed by atoms with Crippen LogP contribution in [-0.2, 0) is 0 Å². The second kappa shape index (κ2) is 5.57. The number of fused-ring (bicyclic) bond motifs is 1. The van der Waals surface area contributed by atoms with Crippen LogP contribution in [0, 0.1) is 12.8 Å². The van der Waals surface area contributed by atoms with Crippen molar-refractivity contribution >= 4 is 11.0 Å². The molecule has 2 aromatic rings. The van der Waals surface area contributed by atoms with Gasteiger partial charge in [-0.1, -0.05) is 39.0 Å². The summed E-state index contributed by atoms with van der Waals surface area (Å²) in [6, 6.07) is 8.80. The lowest BCUT2D eigenvalue weighted by atomic mass is 10.0. The predicted octanol–water partition coefficient (Wildman–Crippen LogP) is 4.44. The topological polar surface area (TPSA) is 25.2 Å². The quantitative estimate of drug-likeness (QED) is 0.842. The molecule has 2 heteroatoms. The van der Waals surface area contributed by atoms with Crippen molar-refractivity contribution in [1.29, 1.82) is 0 Å². The highest BCUT2D eigenvalue weighted by Crippen LogP contribution is 2.29. The molecule has 2 rings (SSSR count). The van der Waals surface area contributed by atoms with Crippen molar-refractivity contribution in [3.8, 4) is 0 Å². The van der Waals surface area contributed by atoms with E-state index >= 15 is 0 Å². The van der Waals surface area contributed by atoms with Crippen molar-refractivity contribution in [1.82, 2.24) is 5.32 Å². The number of para-hydroxylation sites is 1. The number of hydrogen-bond acceptors (Lipinski definition) is 2. The van der Waals surface area contributed by atoms with Gasteiger partial charge in [0.25, 0.3) is 0 Å². The minimum Gasteiger partial charge on any atom is -0.459 e. The van der Waals surface area contributed by atoms with E-state index in [0.29, 0.717) is 12.0 Å². The molecule has 1 N–H and O–H groups in total. The van der Waals surface area contributed by atoms with Gasteiger partial charge in [0.15, 0.2) is 0 Å². The second-order valence-electron chi connectivity index (χ2n) is 5.38. The lowest BCUT2D eigenvalue weighted by molar-refractivity contribution is 0.376. The molecule has 0 saturated carbocycles. The zero-order valence-corrected chi connectivity index (χ0v) is 11.8. The molecule has 0 bridgehead atoms. The Morgan fingerprint density at radius 3 is 2.67 bits per heavy atom. The van der Waals surface area contributed by atoms with Crippen molar-refractivity contribution < 1.29 is 4.42 Å². The average molecular weight is 245 g/mol. The Hall–Kier alpha value is -1.28. The van der Waals surface area contributed by atoms with Crippen LogP contribution >= 0.6 is 0 Å². The van der Waals surface area contributed by atoms with Gasteiger partial charge in [0, 0.05) is 5.39 Å². The SMILES string of the molecule is CCNC(CC(C)C)c1cc2cccc(C)c2o1. The summed E-state index contributed by atoms with van der Waals surface area (Å²) in [4.78, 5) is 0. The van der Waals surface area contributed by atoms with Gasteiger partial charge in [-0.25, -0.2) is 0 Å². The van der Waals surface area contributed by atoms with Crippen LogP contribution < -0.4 is 5.32 Å². The van der Waals surface area contributed by atoms with E-state index in [0.717, 1.165) is 24.3 Å². The Morgan fingerprint density at radius 2 is 2.06 bits per heavy atom. The normalized spacial score (nSPS) is 13.4. The predicted molar refractivity (Wildman–Crippen MR) is 76.8 cm³/mol. The first-order valence-electron chi connectivity index (χ1n) is 6.84. The molecule has 0 aliphatic heterocycles. The molecule has 0 radical (unpaired) electrons. The van der Waals surface area contributed by atoms with Crippen LogP contribution in [0.2, 0.25) is 0 Å². The van der Waals surface area contributed by atoms with Crippen LogP contribution in [-0.4, -0.2) is 6.54 Å². The molecule has 18 heavy (non-hydrogen) atoms. The van der Waals surface area contributed by atoms with E-state index in [4.69, 9.17) is 4.42 Å². The molecule has 0 aliphatic rings. The van der Waals surface area contributed by atoms with Crippen LogP contribution in [0.5, 0.6) is 0 Å². The molecule has 1 heterocycles. The average Bonchev–Trinajstić information content (AvgIpc) is 2.73. The summed E-state index contributed by atoms with van der Waals surface area (Å²) in [5.74, 6) is 1.72. The van der Waals surface area contributed by atoms with Crippen molar-refractivity contribution in [2.45, 2.75) is 40.2 Å². The van der Waals surface area contributed by atoms with E-state index in [1.165, 1.54) is 10.9 Å². The zero-order valence-electron chi connectivity index (χ0n) is 11.8. The number of nitrogens with one attached hydrogen (secondary N) is 1. The van der Waals surface area contributed by atoms with Gasteiger partial charge >= 0.3 is 0 Å². The standard InChI is InChI=1S/C16H23NO/c1-5-17-14(9-11(2)3)15-10-13-8-6-7-12(4)16(13)18-15/h6-8,10-11,14,17H,5,9H2,1-4H3. The fraction of sp³-hybridized carbons (Fsp3) is 0.500.